The van der Waals surface area contributed by atoms with E-state index in [2.05, 4.69) is 15.0 Å². The minimum atomic E-state index is -0.654. The zero-order chi connectivity index (χ0) is 48.0. The average Bonchev–Trinajstić information content (AvgIpc) is 4.15. The van der Waals surface area contributed by atoms with Crippen molar-refractivity contribution in [2.45, 2.75) is 89.8 Å². The summed E-state index contributed by atoms with van der Waals surface area (Å²) in [7, 11) is 0. The minimum absolute atomic E-state index is 0.0655. The maximum atomic E-state index is 12.5. The predicted molar refractivity (Wildman–Crippen MR) is 274 cm³/mol. The summed E-state index contributed by atoms with van der Waals surface area (Å²) in [5, 5.41) is 8.27. The van der Waals surface area contributed by atoms with Crippen molar-refractivity contribution in [2.24, 2.45) is 11.5 Å². The number of aromatic nitrogens is 4. The molecule has 348 valence electrons. The first-order valence-corrected chi connectivity index (χ1v) is 24.5. The number of nitrogens with one attached hydrogen (secondary N) is 3. The van der Waals surface area contributed by atoms with Gasteiger partial charge in [-0.2, -0.15) is 0 Å². The molecule has 4 aliphatic carbocycles. The Hall–Kier alpha value is -3.91. The molecule has 4 aromatic carbocycles. The fourth-order valence-electron chi connectivity index (χ4n) is 9.44. The molecule has 0 aliphatic heterocycles. The van der Waals surface area contributed by atoms with Crippen molar-refractivity contribution >= 4 is 154 Å². The molecule has 0 amide bonds. The van der Waals surface area contributed by atoms with Gasteiger partial charge in [0.2, 0.25) is 0 Å². The number of hydrogen-bond donors (Lipinski definition) is 5. The third-order valence-corrected chi connectivity index (χ3v) is 15.4. The highest BCUT2D eigenvalue weighted by atomic mass is 35.5. The molecule has 0 saturated carbocycles. The standard InChI is InChI=1S/C16H15Cl2NO3.2C11H10Cl2N2.C11H7Cl2NO/c1-16(2,3)22-15(21)19-12-7-11(18)10(17)6-9(12)8-4-5-13(20)14(8)19;2*12-7-3-6-5-1-2-9(14)11(5)15-10(6)4-8(7)13;12-7-3-6-5-1-2-10(15)11(5)14-9(6)4-8(7)13/h6-7H,4-5H2,1-3H3;2*3-4,9,15H,1-2,14H2;3-4,14H,1-2H2. The second-order valence-corrected chi connectivity index (χ2v) is 21.3. The molecule has 2 unspecified atom stereocenters. The van der Waals surface area contributed by atoms with E-state index in [1.807, 2.05) is 30.3 Å². The van der Waals surface area contributed by atoms with Crippen LogP contribution >= 0.6 is 92.8 Å². The topological polar surface area (TPSA) is 165 Å². The van der Waals surface area contributed by atoms with Crippen LogP contribution in [0.15, 0.2) is 48.5 Å². The summed E-state index contributed by atoms with van der Waals surface area (Å²) in [6.45, 7) is 5.34. The molecule has 0 radical (unpaired) electrons. The number of ether oxygens (including phenoxy) is 1. The first-order valence-electron chi connectivity index (χ1n) is 21.5. The highest BCUT2D eigenvalue weighted by molar-refractivity contribution is 6.44. The first-order chi connectivity index (χ1) is 31.7. The smallest absolute Gasteiger partial charge is 0.419 e. The number of rotatable bonds is 0. The van der Waals surface area contributed by atoms with Crippen molar-refractivity contribution in [3.63, 3.8) is 0 Å². The maximum absolute atomic E-state index is 12.5. The highest BCUT2D eigenvalue weighted by Gasteiger charge is 2.33. The summed E-state index contributed by atoms with van der Waals surface area (Å²) < 4.78 is 6.76. The molecule has 0 saturated heterocycles. The number of carbonyl (C=O) groups is 3. The molecule has 0 fully saturated rings. The largest absolute Gasteiger partial charge is 0.443 e. The van der Waals surface area contributed by atoms with E-state index in [0.717, 1.165) is 98.4 Å². The van der Waals surface area contributed by atoms with Crippen LogP contribution in [0.2, 0.25) is 40.2 Å². The molecule has 4 heterocycles. The number of nitrogens with zero attached hydrogens (tertiary/aromatic N) is 1. The molecule has 2 atom stereocenters. The van der Waals surface area contributed by atoms with Crippen LogP contribution in [-0.2, 0) is 30.4 Å². The third kappa shape index (κ3) is 9.09. The van der Waals surface area contributed by atoms with Gasteiger partial charge in [-0.3, -0.25) is 9.59 Å². The number of H-pyrrole nitrogens is 3. The number of carbonyl (C=O) groups excluding carboxylic acids is 3. The van der Waals surface area contributed by atoms with Crippen LogP contribution < -0.4 is 11.5 Å². The Balaban J connectivity index is 0.000000114. The monoisotopic (exact) mass is 1060 g/mol. The summed E-state index contributed by atoms with van der Waals surface area (Å²) in [6.07, 6.45) is 5.87. The van der Waals surface area contributed by atoms with Gasteiger partial charge in [0.25, 0.3) is 0 Å². The van der Waals surface area contributed by atoms with Crippen LogP contribution in [0.5, 0.6) is 0 Å². The van der Waals surface area contributed by atoms with Gasteiger partial charge in [-0.1, -0.05) is 92.8 Å². The number of hydrogen-bond acceptors (Lipinski definition) is 6. The van der Waals surface area contributed by atoms with Gasteiger partial charge in [0.1, 0.15) is 5.60 Å². The van der Waals surface area contributed by atoms with Crippen LogP contribution in [0, 0.1) is 0 Å². The summed E-state index contributed by atoms with van der Waals surface area (Å²) in [5.74, 6) is 0.109. The van der Waals surface area contributed by atoms with Gasteiger partial charge in [0, 0.05) is 74.4 Å². The van der Waals surface area contributed by atoms with Crippen molar-refractivity contribution < 1.29 is 19.1 Å². The fourth-order valence-corrected chi connectivity index (χ4v) is 10.7. The Kier molecular flexibility index (Phi) is 13.2. The van der Waals surface area contributed by atoms with E-state index in [1.54, 1.807) is 39.0 Å². The molecule has 0 bridgehead atoms. The fraction of sp³-hybridized carbons (Fsp3) is 0.286. The van der Waals surface area contributed by atoms with E-state index < -0.39 is 11.7 Å². The highest BCUT2D eigenvalue weighted by Crippen LogP contribution is 2.41. The van der Waals surface area contributed by atoms with Crippen molar-refractivity contribution in [2.75, 3.05) is 0 Å². The Morgan fingerprint density at radius 3 is 1.43 bits per heavy atom. The van der Waals surface area contributed by atoms with Gasteiger partial charge in [-0.15, -0.1) is 0 Å². The molecule has 0 spiro atoms. The minimum Gasteiger partial charge on any atom is -0.443 e. The van der Waals surface area contributed by atoms with Crippen molar-refractivity contribution in [3.05, 3.63) is 134 Å². The second-order valence-electron chi connectivity index (χ2n) is 18.0. The Labute approximate surface area is 424 Å². The molecule has 18 heteroatoms. The van der Waals surface area contributed by atoms with E-state index in [9.17, 15) is 14.4 Å². The van der Waals surface area contributed by atoms with E-state index in [-0.39, 0.29) is 23.7 Å². The normalized spacial score (nSPS) is 17.0. The second kappa shape index (κ2) is 18.4. The molecule has 7 N–H and O–H groups in total. The summed E-state index contributed by atoms with van der Waals surface area (Å²) in [6, 6.07) is 14.7. The SMILES string of the molecule is CC(C)(C)OC(=O)n1c2c(c3cc(Cl)c(Cl)cc31)CCC2=O.NC1CCc2c1[nH]c1cc(Cl)c(Cl)cc21.NC1CCc2c1[nH]c1cc(Cl)c(Cl)cc21.O=C1CCc2c1[nH]c1cc(Cl)c(Cl)cc21. The molecule has 8 aromatic rings. The lowest BCUT2D eigenvalue weighted by Gasteiger charge is -2.20. The lowest BCUT2D eigenvalue weighted by atomic mass is 10.1. The quantitative estimate of drug-likeness (QED) is 0.101. The van der Waals surface area contributed by atoms with Crippen LogP contribution in [-0.4, -0.2) is 42.8 Å². The Bertz CT molecular complexity index is 3280. The number of fused-ring (bicyclic) bond motifs is 12. The number of ketones is 2. The van der Waals surface area contributed by atoms with Gasteiger partial charge in [0.05, 0.1) is 57.1 Å². The lowest BCUT2D eigenvalue weighted by Crippen LogP contribution is -2.28. The van der Waals surface area contributed by atoms with Gasteiger partial charge in [0.15, 0.2) is 11.6 Å². The number of Topliss-reactive ketones (excluding diaryl/α,β-unsaturated/α-hetero) is 2. The predicted octanol–water partition coefficient (Wildman–Crippen LogP) is 15.3. The van der Waals surface area contributed by atoms with E-state index >= 15 is 0 Å². The number of aromatic amines is 3. The van der Waals surface area contributed by atoms with E-state index in [0.29, 0.717) is 70.7 Å². The molecule has 4 aliphatic rings. The van der Waals surface area contributed by atoms with E-state index in [4.69, 9.17) is 109 Å². The van der Waals surface area contributed by atoms with Gasteiger partial charge in [-0.25, -0.2) is 9.36 Å². The number of benzene rings is 4. The summed E-state index contributed by atoms with van der Waals surface area (Å²) in [5.41, 5.74) is 22.8. The molecular weight excluding hydrogens is 1020 g/mol. The maximum Gasteiger partial charge on any atom is 0.419 e. The van der Waals surface area contributed by atoms with Gasteiger partial charge >= 0.3 is 6.09 Å². The van der Waals surface area contributed by atoms with Gasteiger partial charge in [-0.05, 0) is 130 Å². The van der Waals surface area contributed by atoms with Crippen molar-refractivity contribution in [3.8, 4) is 0 Å². The number of halogens is 8. The van der Waals surface area contributed by atoms with Crippen LogP contribution in [0.4, 0.5) is 4.79 Å². The Morgan fingerprint density at radius 1 is 0.537 bits per heavy atom. The summed E-state index contributed by atoms with van der Waals surface area (Å²) >= 11 is 48.0. The molecule has 12 rings (SSSR count). The third-order valence-electron chi connectivity index (χ3n) is 12.5. The molecular formula is C49H42Cl8N6O4. The lowest BCUT2D eigenvalue weighted by molar-refractivity contribution is 0.0536. The number of nitrogens with two attached hydrogens (primary N) is 2. The van der Waals surface area contributed by atoms with Gasteiger partial charge < -0.3 is 31.2 Å². The molecule has 10 nitrogen and oxygen atoms in total. The zero-order valence-electron chi connectivity index (χ0n) is 36.2. The van der Waals surface area contributed by atoms with Crippen LogP contribution in [0.1, 0.15) is 113 Å². The zero-order valence-corrected chi connectivity index (χ0v) is 42.2. The van der Waals surface area contributed by atoms with Crippen molar-refractivity contribution in [1.29, 1.82) is 0 Å². The van der Waals surface area contributed by atoms with E-state index in [1.165, 1.54) is 15.7 Å². The molecule has 4 aromatic heterocycles. The Morgan fingerprint density at radius 2 is 0.940 bits per heavy atom. The average molecular weight is 1060 g/mol. The first kappa shape index (κ1) is 48.1. The summed E-state index contributed by atoms with van der Waals surface area (Å²) in [4.78, 5) is 46.0. The van der Waals surface area contributed by atoms with Crippen LogP contribution in [0.25, 0.3) is 43.6 Å². The van der Waals surface area contributed by atoms with Crippen LogP contribution in [0.3, 0.4) is 0 Å². The molecule has 67 heavy (non-hydrogen) atoms. The number of aryl methyl sites for hydroxylation is 4. The van der Waals surface area contributed by atoms with Crippen molar-refractivity contribution in [1.82, 2.24) is 19.5 Å².